The van der Waals surface area contributed by atoms with Crippen molar-refractivity contribution in [2.45, 2.75) is 25.5 Å². The van der Waals surface area contributed by atoms with E-state index in [-0.39, 0.29) is 18.2 Å². The number of hydrogen-bond donors (Lipinski definition) is 2. The van der Waals surface area contributed by atoms with Crippen LogP contribution in [-0.4, -0.2) is 24.5 Å². The summed E-state index contributed by atoms with van der Waals surface area (Å²) in [5.41, 5.74) is 2.73. The fourth-order valence-electron chi connectivity index (χ4n) is 3.01. The Labute approximate surface area is 177 Å². The van der Waals surface area contributed by atoms with Gasteiger partial charge in [-0.05, 0) is 23.3 Å². The maximum Gasteiger partial charge on any atom is 0.247 e. The van der Waals surface area contributed by atoms with E-state index in [1.54, 1.807) is 0 Å². The zero-order valence-corrected chi connectivity index (χ0v) is 16.8. The molecule has 0 spiro atoms. The van der Waals surface area contributed by atoms with Gasteiger partial charge in [-0.15, -0.1) is 0 Å². The summed E-state index contributed by atoms with van der Waals surface area (Å²) in [7, 11) is 0. The van der Waals surface area contributed by atoms with Gasteiger partial charge in [-0.2, -0.15) is 0 Å². The third kappa shape index (κ3) is 7.18. The number of benzene rings is 3. The Hall–Kier alpha value is -3.44. The van der Waals surface area contributed by atoms with Crippen molar-refractivity contribution in [3.8, 4) is 0 Å². The number of amides is 2. The molecule has 0 aliphatic rings. The zero-order chi connectivity index (χ0) is 21.0. The minimum Gasteiger partial charge on any atom is -0.376 e. The van der Waals surface area contributed by atoms with Crippen LogP contribution in [0.1, 0.15) is 17.5 Å². The smallest absolute Gasteiger partial charge is 0.247 e. The number of ether oxygens (including phenoxy) is 1. The number of anilines is 1. The van der Waals surface area contributed by atoms with Gasteiger partial charge in [-0.3, -0.25) is 9.59 Å². The van der Waals surface area contributed by atoms with Gasteiger partial charge in [0.05, 0.1) is 13.2 Å². The first-order valence-corrected chi connectivity index (χ1v) is 10.0. The van der Waals surface area contributed by atoms with Gasteiger partial charge in [-0.1, -0.05) is 78.9 Å². The van der Waals surface area contributed by atoms with E-state index >= 15 is 0 Å². The molecule has 0 saturated carbocycles. The largest absolute Gasteiger partial charge is 0.376 e. The van der Waals surface area contributed by atoms with Gasteiger partial charge in [-0.25, -0.2) is 0 Å². The molecule has 1 atom stereocenters. The monoisotopic (exact) mass is 402 g/mol. The average Bonchev–Trinajstić information content (AvgIpc) is 2.78. The minimum atomic E-state index is -0.672. The van der Waals surface area contributed by atoms with Crippen molar-refractivity contribution in [2.24, 2.45) is 0 Å². The molecular formula is C25H26N2O3. The molecular weight excluding hydrogens is 376 g/mol. The molecule has 2 N–H and O–H groups in total. The van der Waals surface area contributed by atoms with Crippen LogP contribution in [0.25, 0.3) is 0 Å². The summed E-state index contributed by atoms with van der Waals surface area (Å²) in [5.74, 6) is -0.462. The number of nitrogens with one attached hydrogen (secondary N) is 2. The molecule has 1 unspecified atom stereocenters. The molecule has 30 heavy (non-hydrogen) atoms. The Morgan fingerprint density at radius 1 is 0.767 bits per heavy atom. The molecule has 0 saturated heterocycles. The standard InChI is InChI=1S/C25H26N2O3/c28-24(16-17-30-19-21-12-6-2-7-13-21)27-23(18-20-10-4-1-5-11-20)25(29)26-22-14-8-3-9-15-22/h1-15,23H,16-19H2,(H,26,29)(H,27,28). The highest BCUT2D eigenvalue weighted by Gasteiger charge is 2.21. The highest BCUT2D eigenvalue weighted by Crippen LogP contribution is 2.09. The summed E-state index contributed by atoms with van der Waals surface area (Å²) in [6.45, 7) is 0.745. The summed E-state index contributed by atoms with van der Waals surface area (Å²) >= 11 is 0. The molecule has 3 aromatic carbocycles. The van der Waals surface area contributed by atoms with Gasteiger partial charge in [0, 0.05) is 18.5 Å². The molecule has 0 bridgehead atoms. The lowest BCUT2D eigenvalue weighted by Crippen LogP contribution is -2.45. The van der Waals surface area contributed by atoms with Crippen molar-refractivity contribution < 1.29 is 14.3 Å². The second-order valence-electron chi connectivity index (χ2n) is 6.95. The quantitative estimate of drug-likeness (QED) is 0.505. The Kier molecular flexibility index (Phi) is 8.18. The summed E-state index contributed by atoms with van der Waals surface area (Å²) in [6, 6.07) is 28.0. The first-order valence-electron chi connectivity index (χ1n) is 10.0. The molecule has 154 valence electrons. The number of rotatable bonds is 10. The fraction of sp³-hybridized carbons (Fsp3) is 0.200. The summed E-state index contributed by atoms with van der Waals surface area (Å²) in [5, 5.41) is 5.72. The number of carbonyl (C=O) groups excluding carboxylic acids is 2. The summed E-state index contributed by atoms with van der Waals surface area (Å²) in [4.78, 5) is 25.3. The molecule has 5 nitrogen and oxygen atoms in total. The molecule has 3 aromatic rings. The van der Waals surface area contributed by atoms with Crippen molar-refractivity contribution in [3.05, 3.63) is 102 Å². The van der Waals surface area contributed by atoms with Crippen LogP contribution in [0, 0.1) is 0 Å². The highest BCUT2D eigenvalue weighted by molar-refractivity contribution is 5.97. The molecule has 0 aliphatic heterocycles. The van der Waals surface area contributed by atoms with E-state index in [2.05, 4.69) is 10.6 Å². The van der Waals surface area contributed by atoms with E-state index < -0.39 is 6.04 Å². The fourth-order valence-corrected chi connectivity index (χ4v) is 3.01. The van der Waals surface area contributed by atoms with Gasteiger partial charge in [0.25, 0.3) is 0 Å². The van der Waals surface area contributed by atoms with E-state index in [9.17, 15) is 9.59 Å². The van der Waals surface area contributed by atoms with Gasteiger partial charge in [0.2, 0.25) is 11.8 Å². The molecule has 0 aromatic heterocycles. The van der Waals surface area contributed by atoms with Crippen molar-refractivity contribution in [1.29, 1.82) is 0 Å². The first kappa shape index (κ1) is 21.3. The van der Waals surface area contributed by atoms with Crippen LogP contribution >= 0.6 is 0 Å². The normalized spacial score (nSPS) is 11.5. The third-order valence-corrected chi connectivity index (χ3v) is 4.56. The van der Waals surface area contributed by atoms with Crippen molar-refractivity contribution in [2.75, 3.05) is 11.9 Å². The highest BCUT2D eigenvalue weighted by atomic mass is 16.5. The van der Waals surface area contributed by atoms with Crippen LogP contribution in [0.5, 0.6) is 0 Å². The topological polar surface area (TPSA) is 67.4 Å². The van der Waals surface area contributed by atoms with Crippen LogP contribution in [-0.2, 0) is 27.4 Å². The van der Waals surface area contributed by atoms with Crippen molar-refractivity contribution in [1.82, 2.24) is 5.32 Å². The maximum atomic E-state index is 12.8. The van der Waals surface area contributed by atoms with Crippen LogP contribution in [0.15, 0.2) is 91.0 Å². The number of hydrogen-bond acceptors (Lipinski definition) is 3. The third-order valence-electron chi connectivity index (χ3n) is 4.56. The lowest BCUT2D eigenvalue weighted by molar-refractivity contribution is -0.127. The van der Waals surface area contributed by atoms with Gasteiger partial charge in [0.15, 0.2) is 0 Å². The molecule has 3 rings (SSSR count). The average molecular weight is 402 g/mol. The summed E-state index contributed by atoms with van der Waals surface area (Å²) < 4.78 is 5.58. The number of carbonyl (C=O) groups is 2. The Bertz CT molecular complexity index is 915. The lowest BCUT2D eigenvalue weighted by Gasteiger charge is -2.19. The van der Waals surface area contributed by atoms with E-state index in [4.69, 9.17) is 4.74 Å². The van der Waals surface area contributed by atoms with Crippen molar-refractivity contribution in [3.63, 3.8) is 0 Å². The maximum absolute atomic E-state index is 12.8. The van der Waals surface area contributed by atoms with Crippen LogP contribution in [0.2, 0.25) is 0 Å². The minimum absolute atomic E-state index is 0.191. The summed E-state index contributed by atoms with van der Waals surface area (Å²) in [6.07, 6.45) is 0.604. The Balaban J connectivity index is 1.54. The van der Waals surface area contributed by atoms with E-state index in [0.717, 1.165) is 11.1 Å². The van der Waals surface area contributed by atoms with E-state index in [1.165, 1.54) is 0 Å². The predicted octanol–water partition coefficient (Wildman–Crippen LogP) is 3.96. The molecule has 0 heterocycles. The molecule has 2 amide bonds. The van der Waals surface area contributed by atoms with E-state index in [0.29, 0.717) is 25.3 Å². The first-order chi connectivity index (χ1) is 14.7. The van der Waals surface area contributed by atoms with Crippen molar-refractivity contribution >= 4 is 17.5 Å². The second kappa shape index (κ2) is 11.5. The van der Waals surface area contributed by atoms with Crippen LogP contribution in [0.4, 0.5) is 5.69 Å². The Morgan fingerprint density at radius 2 is 1.33 bits per heavy atom. The van der Waals surface area contributed by atoms with Gasteiger partial charge in [0.1, 0.15) is 6.04 Å². The molecule has 0 radical (unpaired) electrons. The lowest BCUT2D eigenvalue weighted by atomic mass is 10.0. The molecule has 0 fully saturated rings. The number of para-hydroxylation sites is 1. The van der Waals surface area contributed by atoms with Crippen LogP contribution in [0.3, 0.4) is 0 Å². The Morgan fingerprint density at radius 3 is 1.97 bits per heavy atom. The second-order valence-corrected chi connectivity index (χ2v) is 6.95. The zero-order valence-electron chi connectivity index (χ0n) is 16.8. The molecule has 0 aliphatic carbocycles. The van der Waals surface area contributed by atoms with E-state index in [1.807, 2.05) is 91.0 Å². The SMILES string of the molecule is O=C(CCOCc1ccccc1)NC(Cc1ccccc1)C(=O)Nc1ccccc1. The predicted molar refractivity (Wildman–Crippen MR) is 118 cm³/mol. The van der Waals surface area contributed by atoms with Gasteiger partial charge < -0.3 is 15.4 Å². The van der Waals surface area contributed by atoms with Crippen LogP contribution < -0.4 is 10.6 Å². The molecule has 5 heteroatoms. The van der Waals surface area contributed by atoms with Gasteiger partial charge >= 0.3 is 0 Å².